The number of aryl methyl sites for hydroxylation is 1. The summed E-state index contributed by atoms with van der Waals surface area (Å²) in [6.45, 7) is 16.2. The second kappa shape index (κ2) is 10.6. The maximum absolute atomic E-state index is 11.4. The highest BCUT2D eigenvalue weighted by atomic mass is 35.5. The number of methoxy groups -OCH3 is 1. The number of hydrogen-bond acceptors (Lipinski definition) is 5. The molecule has 0 aromatic carbocycles. The van der Waals surface area contributed by atoms with E-state index in [1.165, 1.54) is 0 Å². The lowest BCUT2D eigenvalue weighted by Gasteiger charge is -2.58. The fourth-order valence-corrected chi connectivity index (χ4v) is 4.57. The first-order chi connectivity index (χ1) is 14.3. The van der Waals surface area contributed by atoms with E-state index in [9.17, 15) is 9.59 Å². The highest BCUT2D eigenvalue weighted by Crippen LogP contribution is 2.54. The van der Waals surface area contributed by atoms with Crippen molar-refractivity contribution in [3.8, 4) is 0 Å². The van der Waals surface area contributed by atoms with Crippen LogP contribution in [0, 0.1) is 18.3 Å². The Morgan fingerprint density at radius 3 is 2.19 bits per heavy atom. The molecule has 1 spiro atoms. The van der Waals surface area contributed by atoms with Gasteiger partial charge in [-0.3, -0.25) is 9.48 Å². The fraction of sp³-hybridized carbons (Fsp3) is 0.792. The molecule has 0 bridgehead atoms. The standard InChI is InChI=1S/C19H30N4O2.C5H12O.ClH/c1-6-15(10-24)18(3,4)21(5)17-7-14(2)23(20-17)16-8-19(9-16)11-22(12-19)13-25;1-5(2,3)6-4;/h7,10,13,15-16H,6,8-9,11-12H2,1-5H3;1-4H3;1H. The molecule has 1 saturated carbocycles. The van der Waals surface area contributed by atoms with Gasteiger partial charge in [-0.05, 0) is 60.8 Å². The Bertz CT molecular complexity index is 758. The Hall–Kier alpha value is -1.60. The number of carbonyl (C=O) groups is 2. The van der Waals surface area contributed by atoms with Gasteiger partial charge in [0.1, 0.15) is 6.29 Å². The maximum Gasteiger partial charge on any atom is 0.209 e. The van der Waals surface area contributed by atoms with Gasteiger partial charge in [0.05, 0.1) is 11.6 Å². The third kappa shape index (κ3) is 6.04. The molecule has 184 valence electrons. The molecule has 1 atom stereocenters. The van der Waals surface area contributed by atoms with Crippen LogP contribution in [-0.2, 0) is 14.3 Å². The van der Waals surface area contributed by atoms with Crippen molar-refractivity contribution in [3.05, 3.63) is 11.8 Å². The number of ether oxygens (including phenoxy) is 1. The number of hydrogen-bond donors (Lipinski definition) is 0. The molecule has 1 aliphatic carbocycles. The smallest absolute Gasteiger partial charge is 0.209 e. The molecule has 2 heterocycles. The van der Waals surface area contributed by atoms with Crippen molar-refractivity contribution in [3.63, 3.8) is 0 Å². The number of rotatable bonds is 7. The first-order valence-electron chi connectivity index (χ1n) is 11.3. The molecule has 3 rings (SSSR count). The summed E-state index contributed by atoms with van der Waals surface area (Å²) >= 11 is 0. The van der Waals surface area contributed by atoms with Crippen LogP contribution in [-0.4, -0.2) is 65.8 Å². The lowest BCUT2D eigenvalue weighted by molar-refractivity contribution is -0.140. The van der Waals surface area contributed by atoms with E-state index in [0.717, 1.165) is 56.6 Å². The van der Waals surface area contributed by atoms with Crippen molar-refractivity contribution >= 4 is 30.9 Å². The third-order valence-electron chi connectivity index (χ3n) is 7.15. The monoisotopic (exact) mass is 470 g/mol. The molecule has 1 aliphatic heterocycles. The lowest BCUT2D eigenvalue weighted by Crippen LogP contribution is -2.61. The molecule has 1 aromatic rings. The highest BCUT2D eigenvalue weighted by molar-refractivity contribution is 5.85. The van der Waals surface area contributed by atoms with Gasteiger partial charge in [0, 0.05) is 55.9 Å². The highest BCUT2D eigenvalue weighted by Gasteiger charge is 2.53. The molecule has 32 heavy (non-hydrogen) atoms. The third-order valence-corrected chi connectivity index (χ3v) is 7.15. The molecule has 0 N–H and O–H groups in total. The SMILES string of the molecule is CCC(C=O)C(C)(C)N(C)c1cc(C)n(C2CC3(C2)CN(C=O)C3)n1.COC(C)(C)C.Cl. The summed E-state index contributed by atoms with van der Waals surface area (Å²) < 4.78 is 7.07. The molecule has 7 nitrogen and oxygen atoms in total. The summed E-state index contributed by atoms with van der Waals surface area (Å²) in [6, 6.07) is 2.54. The first-order valence-corrected chi connectivity index (χ1v) is 11.3. The van der Waals surface area contributed by atoms with Crippen molar-refractivity contribution in [2.24, 2.45) is 11.3 Å². The summed E-state index contributed by atoms with van der Waals surface area (Å²) in [5.41, 5.74) is 1.25. The topological polar surface area (TPSA) is 67.7 Å². The zero-order valence-electron chi connectivity index (χ0n) is 21.3. The van der Waals surface area contributed by atoms with Crippen LogP contribution in [0.15, 0.2) is 6.07 Å². The van der Waals surface area contributed by atoms with Gasteiger partial charge >= 0.3 is 0 Å². The van der Waals surface area contributed by atoms with Crippen LogP contribution >= 0.6 is 12.4 Å². The van der Waals surface area contributed by atoms with E-state index < -0.39 is 0 Å². The number of aldehydes is 1. The average Bonchev–Trinajstić information content (AvgIpc) is 3.01. The molecule has 1 aromatic heterocycles. The Labute approximate surface area is 200 Å². The van der Waals surface area contributed by atoms with Crippen LogP contribution in [0.3, 0.4) is 0 Å². The largest absolute Gasteiger partial charge is 0.379 e. The van der Waals surface area contributed by atoms with Crippen molar-refractivity contribution in [1.82, 2.24) is 14.7 Å². The summed E-state index contributed by atoms with van der Waals surface area (Å²) in [6.07, 6.45) is 5.02. The van der Waals surface area contributed by atoms with Crippen molar-refractivity contribution in [2.45, 2.75) is 84.9 Å². The normalized spacial score (nSPS) is 18.5. The predicted octanol–water partition coefficient (Wildman–Crippen LogP) is 4.28. The fourth-order valence-electron chi connectivity index (χ4n) is 4.57. The van der Waals surface area contributed by atoms with Crippen LogP contribution in [0.4, 0.5) is 5.82 Å². The van der Waals surface area contributed by atoms with Gasteiger partial charge in [0.2, 0.25) is 6.41 Å². The van der Waals surface area contributed by atoms with Crippen LogP contribution in [0.2, 0.25) is 0 Å². The minimum atomic E-state index is -0.276. The quantitative estimate of drug-likeness (QED) is 0.556. The summed E-state index contributed by atoms with van der Waals surface area (Å²) in [5, 5.41) is 4.86. The van der Waals surface area contributed by atoms with Gasteiger partial charge in [0.15, 0.2) is 5.82 Å². The Morgan fingerprint density at radius 2 is 1.78 bits per heavy atom. The van der Waals surface area contributed by atoms with E-state index in [4.69, 9.17) is 9.84 Å². The molecule has 2 aliphatic rings. The van der Waals surface area contributed by atoms with E-state index >= 15 is 0 Å². The zero-order chi connectivity index (χ0) is 23.6. The van der Waals surface area contributed by atoms with Gasteiger partial charge in [0.25, 0.3) is 0 Å². The molecule has 2 fully saturated rings. The Morgan fingerprint density at radius 1 is 1.25 bits per heavy atom. The van der Waals surface area contributed by atoms with Crippen LogP contribution < -0.4 is 4.90 Å². The van der Waals surface area contributed by atoms with Crippen LogP contribution in [0.25, 0.3) is 0 Å². The summed E-state index contributed by atoms with van der Waals surface area (Å²) in [5.74, 6) is 0.895. The first kappa shape index (κ1) is 28.4. The van der Waals surface area contributed by atoms with Crippen molar-refractivity contribution in [2.75, 3.05) is 32.1 Å². The molecule has 8 heteroatoms. The number of halogens is 1. The van der Waals surface area contributed by atoms with E-state index in [-0.39, 0.29) is 29.5 Å². The molecule has 0 radical (unpaired) electrons. The zero-order valence-corrected chi connectivity index (χ0v) is 22.2. The molecular formula is C24H43ClN4O3. The van der Waals surface area contributed by atoms with Gasteiger partial charge in [-0.25, -0.2) is 0 Å². The van der Waals surface area contributed by atoms with Crippen LogP contribution in [0.5, 0.6) is 0 Å². The van der Waals surface area contributed by atoms with Gasteiger partial charge in [-0.15, -0.1) is 12.4 Å². The molecule has 1 unspecified atom stereocenters. The van der Waals surface area contributed by atoms with E-state index in [2.05, 4.69) is 36.4 Å². The number of amides is 1. The van der Waals surface area contributed by atoms with E-state index in [1.807, 2.05) is 39.6 Å². The average molecular weight is 471 g/mol. The number of anilines is 1. The lowest BCUT2D eigenvalue weighted by atomic mass is 9.61. The van der Waals surface area contributed by atoms with Gasteiger partial charge < -0.3 is 19.3 Å². The molecular weight excluding hydrogens is 428 g/mol. The molecule has 1 amide bonds. The Kier molecular flexibility index (Phi) is 9.38. The predicted molar refractivity (Wildman–Crippen MR) is 132 cm³/mol. The number of aromatic nitrogens is 2. The van der Waals surface area contributed by atoms with E-state index in [1.54, 1.807) is 7.11 Å². The van der Waals surface area contributed by atoms with Gasteiger partial charge in [-0.1, -0.05) is 6.92 Å². The number of nitrogens with zero attached hydrogens (tertiary/aromatic N) is 4. The second-order valence-electron chi connectivity index (χ2n) is 10.8. The summed E-state index contributed by atoms with van der Waals surface area (Å²) in [7, 11) is 3.73. The maximum atomic E-state index is 11.4. The minimum Gasteiger partial charge on any atom is -0.379 e. The van der Waals surface area contributed by atoms with Crippen molar-refractivity contribution < 1.29 is 14.3 Å². The van der Waals surface area contributed by atoms with Crippen molar-refractivity contribution in [1.29, 1.82) is 0 Å². The van der Waals surface area contributed by atoms with Crippen LogP contribution in [0.1, 0.15) is 72.5 Å². The summed E-state index contributed by atoms with van der Waals surface area (Å²) in [4.78, 5) is 26.2. The number of likely N-dealkylation sites (tertiary alicyclic amines) is 1. The minimum absolute atomic E-state index is 0. The molecule has 1 saturated heterocycles. The second-order valence-corrected chi connectivity index (χ2v) is 10.8. The Balaban J connectivity index is 0.000000648. The van der Waals surface area contributed by atoms with Gasteiger partial charge in [-0.2, -0.15) is 5.10 Å². The van der Waals surface area contributed by atoms with E-state index in [0.29, 0.717) is 11.5 Å². The number of carbonyl (C=O) groups excluding carboxylic acids is 2.